The van der Waals surface area contributed by atoms with Crippen LogP contribution in [0.4, 0.5) is 0 Å². The number of rotatable bonds is 23. The third kappa shape index (κ3) is 14.1. The Morgan fingerprint density at radius 1 is 0.745 bits per heavy atom. The van der Waals surface area contributed by atoms with Gasteiger partial charge >= 0.3 is 23.9 Å². The van der Waals surface area contributed by atoms with Gasteiger partial charge in [-0.3, -0.25) is 14.4 Å². The quantitative estimate of drug-likeness (QED) is 0.0507. The Morgan fingerprint density at radius 2 is 1.35 bits per heavy atom. The minimum atomic E-state index is -1.01. The smallest absolute Gasteiger partial charge is 0.330 e. The summed E-state index contributed by atoms with van der Waals surface area (Å²) in [4.78, 5) is 50.8. The van der Waals surface area contributed by atoms with Gasteiger partial charge < -0.3 is 19.3 Å². The molecule has 8 nitrogen and oxygen atoms in total. The Hall–Kier alpha value is -3.16. The highest BCUT2D eigenvalue weighted by Gasteiger charge is 2.45. The molecule has 3 aliphatic rings. The highest BCUT2D eigenvalue weighted by molar-refractivity contribution is 5.83. The minimum Gasteiger partial charge on any atom is -0.481 e. The van der Waals surface area contributed by atoms with E-state index in [1.165, 1.54) is 44.9 Å². The number of benzene rings is 1. The summed E-state index contributed by atoms with van der Waals surface area (Å²) in [6, 6.07) is 6.20. The summed E-state index contributed by atoms with van der Waals surface area (Å²) in [6.45, 7) is 8.50. The third-order valence-corrected chi connectivity index (χ3v) is 13.1. The summed E-state index contributed by atoms with van der Waals surface area (Å²) in [6.07, 6.45) is 24.7. The first-order valence-corrected chi connectivity index (χ1v) is 22.2. The second kappa shape index (κ2) is 23.8. The van der Waals surface area contributed by atoms with Gasteiger partial charge in [-0.1, -0.05) is 90.0 Å². The number of hydrogen-bond donors (Lipinski definition) is 1. The fourth-order valence-corrected chi connectivity index (χ4v) is 9.55. The summed E-state index contributed by atoms with van der Waals surface area (Å²) in [7, 11) is 0. The Bertz CT molecular complexity index is 1340. The largest absolute Gasteiger partial charge is 0.481 e. The first-order chi connectivity index (χ1) is 26.7. The van der Waals surface area contributed by atoms with Gasteiger partial charge in [-0.05, 0) is 137 Å². The van der Waals surface area contributed by atoms with Gasteiger partial charge in [0, 0.05) is 6.08 Å². The maximum absolute atomic E-state index is 13.3. The number of esters is 3. The number of carbonyl (C=O) groups is 4. The van der Waals surface area contributed by atoms with Gasteiger partial charge in [0.2, 0.25) is 0 Å². The second-order valence-electron chi connectivity index (χ2n) is 17.1. The number of unbranched alkanes of at least 4 members (excludes halogenated alkanes) is 7. The molecule has 0 atom stereocenters. The van der Waals surface area contributed by atoms with E-state index in [4.69, 9.17) is 14.2 Å². The Balaban J connectivity index is 1.36. The van der Waals surface area contributed by atoms with Crippen molar-refractivity contribution < 1.29 is 38.5 Å². The lowest BCUT2D eigenvalue weighted by Crippen LogP contribution is -2.40. The molecule has 8 heteroatoms. The van der Waals surface area contributed by atoms with Gasteiger partial charge in [0.05, 0.1) is 31.0 Å². The molecule has 1 aromatic carbocycles. The third-order valence-electron chi connectivity index (χ3n) is 13.1. The zero-order valence-corrected chi connectivity index (χ0v) is 34.3. The average molecular weight is 765 g/mol. The monoisotopic (exact) mass is 765 g/mol. The van der Waals surface area contributed by atoms with Crippen LogP contribution < -0.4 is 0 Å². The Morgan fingerprint density at radius 3 is 1.93 bits per heavy atom. The highest BCUT2D eigenvalue weighted by atomic mass is 16.5. The van der Waals surface area contributed by atoms with Gasteiger partial charge in [-0.15, -0.1) is 0 Å². The van der Waals surface area contributed by atoms with Crippen molar-refractivity contribution in [1.82, 2.24) is 0 Å². The van der Waals surface area contributed by atoms with Crippen molar-refractivity contribution in [3.63, 3.8) is 0 Å². The summed E-state index contributed by atoms with van der Waals surface area (Å²) in [5.74, 6) is 0.0551. The van der Waals surface area contributed by atoms with Crippen LogP contribution in [0.1, 0.15) is 191 Å². The fourth-order valence-electron chi connectivity index (χ4n) is 9.55. The van der Waals surface area contributed by atoms with Crippen molar-refractivity contribution in [3.05, 3.63) is 47.5 Å². The van der Waals surface area contributed by atoms with Crippen LogP contribution in [0.3, 0.4) is 0 Å². The van der Waals surface area contributed by atoms with E-state index in [1.807, 2.05) is 6.07 Å². The van der Waals surface area contributed by atoms with Crippen LogP contribution in [0, 0.1) is 17.8 Å². The van der Waals surface area contributed by atoms with E-state index in [9.17, 15) is 24.3 Å². The van der Waals surface area contributed by atoms with E-state index in [-0.39, 0.29) is 36.3 Å². The second-order valence-corrected chi connectivity index (χ2v) is 17.1. The molecule has 1 aromatic rings. The molecule has 0 aromatic heterocycles. The van der Waals surface area contributed by atoms with Crippen molar-refractivity contribution >= 4 is 23.9 Å². The lowest BCUT2D eigenvalue weighted by Gasteiger charge is -2.39. The normalized spacial score (nSPS) is 25.5. The lowest BCUT2D eigenvalue weighted by atomic mass is 9.64. The maximum atomic E-state index is 13.3. The van der Waals surface area contributed by atoms with Crippen LogP contribution in [0.2, 0.25) is 0 Å². The SMILES string of the molecule is C=CC(=O)OCCCCCCOC(=O)Cc1cc(C2CCC(OC(=O)C3CCC(CCCCC)CC3)CC2)ccc1C1(C(=O)O)CCC(CCCCC)CC1. The van der Waals surface area contributed by atoms with Gasteiger partial charge in [-0.2, -0.15) is 0 Å². The number of carbonyl (C=O) groups excluding carboxylic acids is 3. The van der Waals surface area contributed by atoms with Gasteiger partial charge in [0.15, 0.2) is 0 Å². The van der Waals surface area contributed by atoms with E-state index >= 15 is 0 Å². The van der Waals surface area contributed by atoms with Crippen molar-refractivity contribution in [2.24, 2.45) is 17.8 Å². The predicted octanol–water partition coefficient (Wildman–Crippen LogP) is 11.1. The van der Waals surface area contributed by atoms with Crippen molar-refractivity contribution in [1.29, 1.82) is 0 Å². The number of carboxylic acids is 1. The number of aliphatic carboxylic acids is 1. The van der Waals surface area contributed by atoms with E-state index < -0.39 is 17.4 Å². The zero-order valence-electron chi connectivity index (χ0n) is 34.3. The number of ether oxygens (including phenoxy) is 3. The molecule has 1 N–H and O–H groups in total. The number of hydrogen-bond acceptors (Lipinski definition) is 7. The lowest BCUT2D eigenvalue weighted by molar-refractivity contribution is -0.157. The van der Waals surface area contributed by atoms with E-state index in [2.05, 4.69) is 32.6 Å². The Labute approximate surface area is 331 Å². The van der Waals surface area contributed by atoms with Crippen LogP contribution >= 0.6 is 0 Å². The molecule has 3 saturated carbocycles. The van der Waals surface area contributed by atoms with E-state index in [0.717, 1.165) is 119 Å². The van der Waals surface area contributed by atoms with E-state index in [1.54, 1.807) is 0 Å². The first kappa shape index (κ1) is 44.6. The molecule has 308 valence electrons. The highest BCUT2D eigenvalue weighted by Crippen LogP contribution is 2.46. The van der Waals surface area contributed by atoms with Crippen molar-refractivity contribution in [3.8, 4) is 0 Å². The molecule has 55 heavy (non-hydrogen) atoms. The Kier molecular flexibility index (Phi) is 19.3. The van der Waals surface area contributed by atoms with Crippen LogP contribution in [-0.2, 0) is 45.2 Å². The van der Waals surface area contributed by atoms with Gasteiger partial charge in [0.25, 0.3) is 0 Å². The van der Waals surface area contributed by atoms with Crippen molar-refractivity contribution in [2.45, 2.75) is 192 Å². The fraction of sp³-hybridized carbons (Fsp3) is 0.745. The van der Waals surface area contributed by atoms with Crippen LogP contribution in [0.25, 0.3) is 0 Å². The number of carboxylic acid groups (broad SMARTS) is 1. The summed E-state index contributed by atoms with van der Waals surface area (Å²) < 4.78 is 16.8. The first-order valence-electron chi connectivity index (χ1n) is 22.2. The van der Waals surface area contributed by atoms with Crippen LogP contribution in [-0.4, -0.2) is 48.3 Å². The summed E-state index contributed by atoms with van der Waals surface area (Å²) in [5, 5.41) is 10.8. The molecule has 0 bridgehead atoms. The zero-order chi connectivity index (χ0) is 39.5. The molecule has 0 saturated heterocycles. The molecule has 0 amide bonds. The maximum Gasteiger partial charge on any atom is 0.330 e. The molecule has 0 heterocycles. The predicted molar refractivity (Wildman–Crippen MR) is 217 cm³/mol. The summed E-state index contributed by atoms with van der Waals surface area (Å²) >= 11 is 0. The van der Waals surface area contributed by atoms with Crippen LogP contribution in [0.5, 0.6) is 0 Å². The topological polar surface area (TPSA) is 116 Å². The van der Waals surface area contributed by atoms with Gasteiger partial charge in [0.1, 0.15) is 6.10 Å². The molecule has 0 spiro atoms. The molecular weight excluding hydrogens is 693 g/mol. The summed E-state index contributed by atoms with van der Waals surface area (Å²) in [5.41, 5.74) is 1.66. The molecule has 0 aliphatic heterocycles. The van der Waals surface area contributed by atoms with Crippen LogP contribution in [0.15, 0.2) is 30.9 Å². The molecule has 4 rings (SSSR count). The standard InChI is InChI=1S/C47H72O8/c1-4-7-11-15-35-17-19-38(20-18-35)45(50)55-41-24-21-37(22-25-41)39-23-26-42(47(46(51)52)29-27-36(28-30-47)16-12-8-5-2)40(33-39)34-44(49)54-32-14-10-9-13-31-53-43(48)6-3/h6,23,26,33,35-38,41H,3-5,7-22,24-25,27-32,34H2,1-2H3,(H,51,52). The molecule has 3 aliphatic carbocycles. The molecule has 0 unspecified atom stereocenters. The van der Waals surface area contributed by atoms with E-state index in [0.29, 0.717) is 38.4 Å². The minimum absolute atomic E-state index is 0.00585. The molecule has 0 radical (unpaired) electrons. The average Bonchev–Trinajstić information content (AvgIpc) is 3.19. The molecule has 3 fully saturated rings. The van der Waals surface area contributed by atoms with Gasteiger partial charge in [-0.25, -0.2) is 4.79 Å². The van der Waals surface area contributed by atoms with Crippen molar-refractivity contribution in [2.75, 3.05) is 13.2 Å². The molecular formula is C47H72O8.